The Morgan fingerprint density at radius 2 is 1.48 bits per heavy atom. The van der Waals surface area contributed by atoms with Gasteiger partial charge < -0.3 is 11.1 Å². The Bertz CT molecular complexity index is 607. The first-order valence-electron chi connectivity index (χ1n) is 8.91. The van der Waals surface area contributed by atoms with E-state index in [-0.39, 0.29) is 5.54 Å². The largest absolute Gasteiger partial charge is 0.383 e. The lowest BCUT2D eigenvalue weighted by Crippen LogP contribution is -2.43. The molecule has 3 rings (SSSR count). The summed E-state index contributed by atoms with van der Waals surface area (Å²) in [6.07, 6.45) is 7.17. The second-order valence-electron chi connectivity index (χ2n) is 6.95. The molecular formula is C21H28N2. The van der Waals surface area contributed by atoms with E-state index in [1.807, 2.05) is 0 Å². The van der Waals surface area contributed by atoms with Gasteiger partial charge in [-0.05, 0) is 48.1 Å². The molecule has 0 heterocycles. The first-order valence-corrected chi connectivity index (χ1v) is 8.91. The average molecular weight is 308 g/mol. The van der Waals surface area contributed by atoms with Gasteiger partial charge in [0.1, 0.15) is 0 Å². The van der Waals surface area contributed by atoms with Crippen molar-refractivity contribution in [1.82, 2.24) is 0 Å². The Morgan fingerprint density at radius 3 is 2.04 bits per heavy atom. The molecule has 1 aliphatic carbocycles. The van der Waals surface area contributed by atoms with Gasteiger partial charge in [0.25, 0.3) is 0 Å². The summed E-state index contributed by atoms with van der Waals surface area (Å²) in [7, 11) is 0. The molecule has 0 saturated heterocycles. The molecule has 0 unspecified atom stereocenters. The zero-order valence-electron chi connectivity index (χ0n) is 14.1. The van der Waals surface area contributed by atoms with Crippen LogP contribution < -0.4 is 11.1 Å². The Hall–Kier alpha value is -1.80. The number of anilines is 1. The highest BCUT2D eigenvalue weighted by Crippen LogP contribution is 2.28. The SMILES string of the molecule is CCCc1ccc(-c2ccc(NCC3(N)CCCC3)cc2)cc1. The maximum Gasteiger partial charge on any atom is 0.0341 e. The fraction of sp³-hybridized carbons (Fsp3) is 0.429. The molecule has 0 aromatic heterocycles. The van der Waals surface area contributed by atoms with E-state index in [1.54, 1.807) is 0 Å². The number of rotatable bonds is 6. The van der Waals surface area contributed by atoms with Crippen LogP contribution in [0.3, 0.4) is 0 Å². The molecule has 23 heavy (non-hydrogen) atoms. The van der Waals surface area contributed by atoms with E-state index in [4.69, 9.17) is 5.73 Å². The summed E-state index contributed by atoms with van der Waals surface area (Å²) in [5.41, 5.74) is 11.5. The normalized spacial score (nSPS) is 16.4. The molecule has 122 valence electrons. The lowest BCUT2D eigenvalue weighted by Gasteiger charge is -2.24. The van der Waals surface area contributed by atoms with Crippen LogP contribution in [0.4, 0.5) is 5.69 Å². The van der Waals surface area contributed by atoms with Crippen LogP contribution in [0.25, 0.3) is 11.1 Å². The topological polar surface area (TPSA) is 38.0 Å². The summed E-state index contributed by atoms with van der Waals surface area (Å²) in [5, 5.41) is 3.51. The number of hydrogen-bond acceptors (Lipinski definition) is 2. The lowest BCUT2D eigenvalue weighted by atomic mass is 9.99. The Balaban J connectivity index is 1.62. The van der Waals surface area contributed by atoms with Crippen molar-refractivity contribution in [3.8, 4) is 11.1 Å². The molecule has 2 aromatic carbocycles. The van der Waals surface area contributed by atoms with E-state index in [9.17, 15) is 0 Å². The highest BCUT2D eigenvalue weighted by molar-refractivity contribution is 5.66. The summed E-state index contributed by atoms with van der Waals surface area (Å²) in [6.45, 7) is 3.09. The molecule has 1 saturated carbocycles. The predicted molar refractivity (Wildman–Crippen MR) is 99.7 cm³/mol. The van der Waals surface area contributed by atoms with Crippen LogP contribution in [-0.2, 0) is 6.42 Å². The second kappa shape index (κ2) is 7.18. The van der Waals surface area contributed by atoms with E-state index >= 15 is 0 Å². The molecule has 2 heteroatoms. The smallest absolute Gasteiger partial charge is 0.0341 e. The van der Waals surface area contributed by atoms with Crippen LogP contribution >= 0.6 is 0 Å². The third-order valence-electron chi connectivity index (χ3n) is 4.95. The van der Waals surface area contributed by atoms with E-state index in [0.717, 1.165) is 31.5 Å². The van der Waals surface area contributed by atoms with Crippen LogP contribution in [0.5, 0.6) is 0 Å². The molecular weight excluding hydrogens is 280 g/mol. The van der Waals surface area contributed by atoms with E-state index in [0.29, 0.717) is 0 Å². The van der Waals surface area contributed by atoms with Gasteiger partial charge in [-0.2, -0.15) is 0 Å². The first-order chi connectivity index (χ1) is 11.2. The van der Waals surface area contributed by atoms with Crippen molar-refractivity contribution in [3.05, 3.63) is 54.1 Å². The maximum absolute atomic E-state index is 6.40. The van der Waals surface area contributed by atoms with E-state index in [2.05, 4.69) is 60.8 Å². The van der Waals surface area contributed by atoms with Crippen LogP contribution in [0.1, 0.15) is 44.6 Å². The van der Waals surface area contributed by atoms with E-state index < -0.39 is 0 Å². The van der Waals surface area contributed by atoms with Crippen LogP contribution in [0.2, 0.25) is 0 Å². The van der Waals surface area contributed by atoms with Gasteiger partial charge in [-0.15, -0.1) is 0 Å². The molecule has 2 nitrogen and oxygen atoms in total. The minimum Gasteiger partial charge on any atom is -0.383 e. The summed E-state index contributed by atoms with van der Waals surface area (Å²) in [6, 6.07) is 17.6. The molecule has 0 bridgehead atoms. The molecule has 0 radical (unpaired) electrons. The Kier molecular flexibility index (Phi) is 5.02. The molecule has 2 aromatic rings. The summed E-state index contributed by atoms with van der Waals surface area (Å²) in [5.74, 6) is 0. The van der Waals surface area contributed by atoms with Gasteiger partial charge in [0.2, 0.25) is 0 Å². The number of nitrogens with two attached hydrogens (primary N) is 1. The van der Waals surface area contributed by atoms with Gasteiger partial charge in [-0.1, -0.05) is 62.6 Å². The zero-order valence-corrected chi connectivity index (χ0v) is 14.1. The molecule has 0 aliphatic heterocycles. The van der Waals surface area contributed by atoms with Gasteiger partial charge in [0, 0.05) is 17.8 Å². The Labute approximate surface area is 140 Å². The molecule has 0 amide bonds. The molecule has 1 aliphatic rings. The minimum atomic E-state index is -0.00617. The van der Waals surface area contributed by atoms with Crippen molar-refractivity contribution in [2.45, 2.75) is 51.0 Å². The average Bonchev–Trinajstić information content (AvgIpc) is 3.02. The summed E-state index contributed by atoms with van der Waals surface area (Å²) < 4.78 is 0. The number of hydrogen-bond donors (Lipinski definition) is 2. The van der Waals surface area contributed by atoms with Crippen LogP contribution in [0, 0.1) is 0 Å². The highest BCUT2D eigenvalue weighted by atomic mass is 14.9. The van der Waals surface area contributed by atoms with Gasteiger partial charge in [-0.3, -0.25) is 0 Å². The van der Waals surface area contributed by atoms with Gasteiger partial charge in [0.05, 0.1) is 0 Å². The van der Waals surface area contributed by atoms with Crippen molar-refractivity contribution in [2.75, 3.05) is 11.9 Å². The standard InChI is InChI=1S/C21H28N2/c1-2-5-17-6-8-18(9-7-17)19-10-12-20(13-11-19)23-16-21(22)14-3-4-15-21/h6-13,23H,2-5,14-16,22H2,1H3. The fourth-order valence-electron chi connectivity index (χ4n) is 3.47. The van der Waals surface area contributed by atoms with Crippen molar-refractivity contribution >= 4 is 5.69 Å². The second-order valence-corrected chi connectivity index (χ2v) is 6.95. The minimum absolute atomic E-state index is 0.00617. The number of nitrogens with one attached hydrogen (secondary N) is 1. The van der Waals surface area contributed by atoms with Gasteiger partial charge in [0.15, 0.2) is 0 Å². The fourth-order valence-corrected chi connectivity index (χ4v) is 3.47. The predicted octanol–water partition coefficient (Wildman–Crippen LogP) is 4.99. The molecule has 1 fully saturated rings. The summed E-state index contributed by atoms with van der Waals surface area (Å²) in [4.78, 5) is 0. The lowest BCUT2D eigenvalue weighted by molar-refractivity contribution is 0.464. The van der Waals surface area contributed by atoms with Gasteiger partial charge >= 0.3 is 0 Å². The molecule has 3 N–H and O–H groups in total. The van der Waals surface area contributed by atoms with Crippen LogP contribution in [-0.4, -0.2) is 12.1 Å². The molecule has 0 atom stereocenters. The van der Waals surface area contributed by atoms with Crippen molar-refractivity contribution < 1.29 is 0 Å². The molecule has 0 spiro atoms. The third kappa shape index (κ3) is 4.14. The number of benzene rings is 2. The monoisotopic (exact) mass is 308 g/mol. The third-order valence-corrected chi connectivity index (χ3v) is 4.95. The van der Waals surface area contributed by atoms with Crippen LogP contribution in [0.15, 0.2) is 48.5 Å². The number of aryl methyl sites for hydroxylation is 1. The maximum atomic E-state index is 6.40. The van der Waals surface area contributed by atoms with Gasteiger partial charge in [-0.25, -0.2) is 0 Å². The highest BCUT2D eigenvalue weighted by Gasteiger charge is 2.28. The van der Waals surface area contributed by atoms with Crippen molar-refractivity contribution in [2.24, 2.45) is 5.73 Å². The quantitative estimate of drug-likeness (QED) is 0.789. The van der Waals surface area contributed by atoms with Crippen molar-refractivity contribution in [3.63, 3.8) is 0 Å². The zero-order chi connectivity index (χ0) is 16.1. The first kappa shape index (κ1) is 16.1. The summed E-state index contributed by atoms with van der Waals surface area (Å²) >= 11 is 0. The van der Waals surface area contributed by atoms with Crippen molar-refractivity contribution in [1.29, 1.82) is 0 Å². The Morgan fingerprint density at radius 1 is 0.913 bits per heavy atom. The van der Waals surface area contributed by atoms with E-state index in [1.165, 1.54) is 36.0 Å².